The molecule has 0 bridgehead atoms. The Morgan fingerprint density at radius 1 is 1.25 bits per heavy atom. The van der Waals surface area contributed by atoms with Crippen molar-refractivity contribution in [2.45, 2.75) is 33.2 Å². The molecule has 0 aromatic heterocycles. The Balaban J connectivity index is 2.84. The molecule has 1 aromatic rings. The second-order valence-corrected chi connectivity index (χ2v) is 4.73. The van der Waals surface area contributed by atoms with Crippen LogP contribution in [-0.4, -0.2) is 29.7 Å². The fourth-order valence-corrected chi connectivity index (χ4v) is 1.95. The van der Waals surface area contributed by atoms with Crippen molar-refractivity contribution in [2.75, 3.05) is 11.4 Å². The molecule has 5 heteroatoms. The number of hydrogen-bond acceptors (Lipinski definition) is 2. The number of aliphatic carboxylic acids is 1. The summed E-state index contributed by atoms with van der Waals surface area (Å²) in [5.41, 5.74) is 0.751. The van der Waals surface area contributed by atoms with Crippen LogP contribution in [0.15, 0.2) is 30.3 Å². The van der Waals surface area contributed by atoms with Crippen LogP contribution in [0.5, 0.6) is 0 Å². The van der Waals surface area contributed by atoms with E-state index in [0.29, 0.717) is 13.0 Å². The Kier molecular flexibility index (Phi) is 6.03. The molecule has 1 rings (SSSR count). The van der Waals surface area contributed by atoms with Crippen LogP contribution in [0.4, 0.5) is 10.5 Å². The Morgan fingerprint density at radius 2 is 1.85 bits per heavy atom. The first kappa shape index (κ1) is 16.0. The zero-order valence-electron chi connectivity index (χ0n) is 12.2. The number of hydrogen-bond donors (Lipinski definition) is 2. The molecule has 0 saturated heterocycles. The predicted molar refractivity (Wildman–Crippen MR) is 78.9 cm³/mol. The van der Waals surface area contributed by atoms with Crippen molar-refractivity contribution in [3.05, 3.63) is 30.3 Å². The molecule has 0 fully saturated rings. The molecule has 0 aliphatic heterocycles. The van der Waals surface area contributed by atoms with Crippen molar-refractivity contribution in [2.24, 2.45) is 5.92 Å². The third kappa shape index (κ3) is 3.98. The van der Waals surface area contributed by atoms with E-state index in [9.17, 15) is 14.7 Å². The summed E-state index contributed by atoms with van der Waals surface area (Å²) in [6.07, 6.45) is 0.689. The molecule has 20 heavy (non-hydrogen) atoms. The van der Waals surface area contributed by atoms with Gasteiger partial charge in [-0.2, -0.15) is 0 Å². The molecule has 2 N–H and O–H groups in total. The van der Waals surface area contributed by atoms with Gasteiger partial charge in [0.15, 0.2) is 0 Å². The van der Waals surface area contributed by atoms with Crippen LogP contribution in [0.1, 0.15) is 27.2 Å². The number of anilines is 1. The highest BCUT2D eigenvalue weighted by molar-refractivity contribution is 5.94. The largest absolute Gasteiger partial charge is 0.480 e. The van der Waals surface area contributed by atoms with E-state index in [4.69, 9.17) is 0 Å². The van der Waals surface area contributed by atoms with Gasteiger partial charge in [0.05, 0.1) is 0 Å². The highest BCUT2D eigenvalue weighted by Gasteiger charge is 2.27. The van der Waals surface area contributed by atoms with E-state index in [1.165, 1.54) is 4.90 Å². The maximum atomic E-state index is 12.3. The molecule has 0 radical (unpaired) electrons. The zero-order valence-corrected chi connectivity index (χ0v) is 12.2. The van der Waals surface area contributed by atoms with Crippen molar-refractivity contribution >= 4 is 17.7 Å². The predicted octanol–water partition coefficient (Wildman–Crippen LogP) is 2.72. The van der Waals surface area contributed by atoms with Gasteiger partial charge in [0.2, 0.25) is 0 Å². The van der Waals surface area contributed by atoms with Gasteiger partial charge in [0, 0.05) is 12.2 Å². The first-order chi connectivity index (χ1) is 9.51. The lowest BCUT2D eigenvalue weighted by molar-refractivity contribution is -0.140. The Bertz CT molecular complexity index is 448. The lowest BCUT2D eigenvalue weighted by Crippen LogP contribution is -2.50. The molecule has 5 nitrogen and oxygen atoms in total. The van der Waals surface area contributed by atoms with Crippen molar-refractivity contribution < 1.29 is 14.7 Å². The van der Waals surface area contributed by atoms with Crippen LogP contribution >= 0.6 is 0 Å². The van der Waals surface area contributed by atoms with E-state index < -0.39 is 12.0 Å². The molecule has 1 unspecified atom stereocenters. The van der Waals surface area contributed by atoms with E-state index in [1.54, 1.807) is 0 Å². The van der Waals surface area contributed by atoms with E-state index in [2.05, 4.69) is 5.32 Å². The Hall–Kier alpha value is -2.04. The van der Waals surface area contributed by atoms with Gasteiger partial charge in [-0.25, -0.2) is 9.59 Å². The van der Waals surface area contributed by atoms with Crippen LogP contribution in [0.3, 0.4) is 0 Å². The number of carboxylic acid groups (broad SMARTS) is 1. The van der Waals surface area contributed by atoms with E-state index in [1.807, 2.05) is 51.1 Å². The number of carbonyl (C=O) groups excluding carboxylic acids is 1. The van der Waals surface area contributed by atoms with Gasteiger partial charge in [-0.3, -0.25) is 4.90 Å². The molecular formula is C15H22N2O3. The normalized spacial score (nSPS) is 13.3. The van der Waals surface area contributed by atoms with Gasteiger partial charge in [-0.1, -0.05) is 38.5 Å². The number of para-hydroxylation sites is 1. The summed E-state index contributed by atoms with van der Waals surface area (Å²) in [5, 5.41) is 11.8. The van der Waals surface area contributed by atoms with Gasteiger partial charge in [-0.15, -0.1) is 0 Å². The summed E-state index contributed by atoms with van der Waals surface area (Å²) in [6, 6.07) is 7.94. The first-order valence-corrected chi connectivity index (χ1v) is 6.87. The summed E-state index contributed by atoms with van der Waals surface area (Å²) in [6.45, 7) is 6.05. The second-order valence-electron chi connectivity index (χ2n) is 4.73. The quantitative estimate of drug-likeness (QED) is 0.840. The third-order valence-electron chi connectivity index (χ3n) is 3.39. The fourth-order valence-electron chi connectivity index (χ4n) is 1.95. The SMILES string of the molecule is CCC(C)[C@H](NC(=O)N(CC)c1ccccc1)C(=O)O. The second kappa shape index (κ2) is 7.53. The Labute approximate surface area is 119 Å². The summed E-state index contributed by atoms with van der Waals surface area (Å²) < 4.78 is 0. The van der Waals surface area contributed by atoms with Crippen LogP contribution in [0.25, 0.3) is 0 Å². The molecule has 110 valence electrons. The third-order valence-corrected chi connectivity index (χ3v) is 3.39. The monoisotopic (exact) mass is 278 g/mol. The van der Waals surface area contributed by atoms with E-state index in [-0.39, 0.29) is 11.9 Å². The topological polar surface area (TPSA) is 69.6 Å². The summed E-state index contributed by atoms with van der Waals surface area (Å²) >= 11 is 0. The lowest BCUT2D eigenvalue weighted by atomic mass is 9.99. The molecular weight excluding hydrogens is 256 g/mol. The molecule has 0 aliphatic rings. The fraction of sp³-hybridized carbons (Fsp3) is 0.467. The minimum atomic E-state index is -1.00. The van der Waals surface area contributed by atoms with E-state index >= 15 is 0 Å². The van der Waals surface area contributed by atoms with Gasteiger partial charge >= 0.3 is 12.0 Å². The van der Waals surface area contributed by atoms with Crippen LogP contribution in [-0.2, 0) is 4.79 Å². The average Bonchev–Trinajstić information content (AvgIpc) is 2.45. The molecule has 2 atom stereocenters. The number of carboxylic acids is 1. The van der Waals surface area contributed by atoms with Crippen molar-refractivity contribution in [1.82, 2.24) is 5.32 Å². The van der Waals surface area contributed by atoms with E-state index in [0.717, 1.165) is 5.69 Å². The number of rotatable bonds is 6. The standard InChI is InChI=1S/C15H22N2O3/c1-4-11(3)13(14(18)19)16-15(20)17(5-2)12-9-7-6-8-10-12/h6-11,13H,4-5H2,1-3H3,(H,16,20)(H,18,19)/t11?,13-/m0/s1. The van der Waals surface area contributed by atoms with Gasteiger partial charge < -0.3 is 10.4 Å². The van der Waals surface area contributed by atoms with Crippen molar-refractivity contribution in [1.29, 1.82) is 0 Å². The van der Waals surface area contributed by atoms with Gasteiger partial charge in [-0.05, 0) is 25.0 Å². The number of carbonyl (C=O) groups is 2. The maximum absolute atomic E-state index is 12.3. The number of amides is 2. The van der Waals surface area contributed by atoms with Crippen LogP contribution in [0.2, 0.25) is 0 Å². The Morgan fingerprint density at radius 3 is 2.30 bits per heavy atom. The number of benzene rings is 1. The number of urea groups is 1. The zero-order chi connectivity index (χ0) is 15.1. The maximum Gasteiger partial charge on any atom is 0.326 e. The van der Waals surface area contributed by atoms with Crippen molar-refractivity contribution in [3.8, 4) is 0 Å². The molecule has 0 heterocycles. The smallest absolute Gasteiger partial charge is 0.326 e. The van der Waals surface area contributed by atoms with Crippen molar-refractivity contribution in [3.63, 3.8) is 0 Å². The highest BCUT2D eigenvalue weighted by Crippen LogP contribution is 2.14. The molecule has 2 amide bonds. The van der Waals surface area contributed by atoms with Gasteiger partial charge in [0.1, 0.15) is 6.04 Å². The summed E-state index contributed by atoms with van der Waals surface area (Å²) in [4.78, 5) is 25.0. The highest BCUT2D eigenvalue weighted by atomic mass is 16.4. The molecule has 0 saturated carbocycles. The minimum absolute atomic E-state index is 0.120. The molecule has 0 spiro atoms. The first-order valence-electron chi connectivity index (χ1n) is 6.87. The average molecular weight is 278 g/mol. The molecule has 1 aromatic carbocycles. The minimum Gasteiger partial charge on any atom is -0.480 e. The van der Waals surface area contributed by atoms with Crippen LogP contribution in [0, 0.1) is 5.92 Å². The number of nitrogens with zero attached hydrogens (tertiary/aromatic N) is 1. The number of nitrogens with one attached hydrogen (secondary N) is 1. The van der Waals surface area contributed by atoms with Crippen LogP contribution < -0.4 is 10.2 Å². The summed E-state index contributed by atoms with van der Waals surface area (Å²) in [5.74, 6) is -1.12. The lowest BCUT2D eigenvalue weighted by Gasteiger charge is -2.26. The molecule has 0 aliphatic carbocycles. The summed E-state index contributed by atoms with van der Waals surface area (Å²) in [7, 11) is 0. The van der Waals surface area contributed by atoms with Gasteiger partial charge in [0.25, 0.3) is 0 Å².